The molecular formula is C14H25NO3. The summed E-state index contributed by atoms with van der Waals surface area (Å²) in [4.78, 5) is 13.4. The van der Waals surface area contributed by atoms with E-state index in [0.29, 0.717) is 12.6 Å². The van der Waals surface area contributed by atoms with Gasteiger partial charge in [0.2, 0.25) is 0 Å². The molecule has 0 amide bonds. The average Bonchev–Trinajstić information content (AvgIpc) is 2.29. The first-order valence-electron chi connectivity index (χ1n) is 7.32. The Hall–Kier alpha value is -0.610. The number of morpholine rings is 1. The number of carbonyl (C=O) groups is 1. The van der Waals surface area contributed by atoms with Crippen molar-refractivity contribution < 1.29 is 14.6 Å². The third-order valence-corrected chi connectivity index (χ3v) is 4.23. The predicted molar refractivity (Wildman–Crippen MR) is 69.7 cm³/mol. The van der Waals surface area contributed by atoms with Gasteiger partial charge >= 0.3 is 5.97 Å². The van der Waals surface area contributed by atoms with Crippen LogP contribution in [0.3, 0.4) is 0 Å². The first kappa shape index (κ1) is 13.8. The average molecular weight is 255 g/mol. The van der Waals surface area contributed by atoms with Crippen molar-refractivity contribution in [1.82, 2.24) is 4.90 Å². The van der Waals surface area contributed by atoms with E-state index in [1.807, 2.05) is 0 Å². The van der Waals surface area contributed by atoms with Gasteiger partial charge in [-0.2, -0.15) is 0 Å². The van der Waals surface area contributed by atoms with Crippen LogP contribution in [0.4, 0.5) is 0 Å². The van der Waals surface area contributed by atoms with Gasteiger partial charge in [-0.15, -0.1) is 0 Å². The van der Waals surface area contributed by atoms with Crippen LogP contribution in [0.5, 0.6) is 0 Å². The molecule has 0 aromatic carbocycles. The topological polar surface area (TPSA) is 49.8 Å². The summed E-state index contributed by atoms with van der Waals surface area (Å²) in [5, 5.41) is 9.00. The quantitative estimate of drug-likeness (QED) is 0.840. The molecule has 1 saturated carbocycles. The fourth-order valence-corrected chi connectivity index (χ4v) is 3.29. The van der Waals surface area contributed by atoms with E-state index in [9.17, 15) is 4.79 Å². The normalized spacial score (nSPS) is 28.6. The van der Waals surface area contributed by atoms with Crippen molar-refractivity contribution in [2.75, 3.05) is 19.8 Å². The third kappa shape index (κ3) is 3.95. The summed E-state index contributed by atoms with van der Waals surface area (Å²) in [7, 11) is 0. The fraction of sp³-hybridized carbons (Fsp3) is 0.929. The highest BCUT2D eigenvalue weighted by Gasteiger charge is 2.30. The van der Waals surface area contributed by atoms with E-state index in [2.05, 4.69) is 4.90 Å². The van der Waals surface area contributed by atoms with Crippen LogP contribution in [-0.2, 0) is 9.53 Å². The van der Waals surface area contributed by atoms with E-state index in [-0.39, 0.29) is 12.5 Å². The fourth-order valence-electron chi connectivity index (χ4n) is 3.29. The minimum absolute atomic E-state index is 0.0840. The van der Waals surface area contributed by atoms with Gasteiger partial charge in [0.05, 0.1) is 19.6 Å². The van der Waals surface area contributed by atoms with E-state index in [0.717, 1.165) is 13.2 Å². The first-order chi connectivity index (χ1) is 8.77. The lowest BCUT2D eigenvalue weighted by molar-refractivity contribution is -0.141. The van der Waals surface area contributed by atoms with Crippen LogP contribution in [0.15, 0.2) is 0 Å². The summed E-state index contributed by atoms with van der Waals surface area (Å²) in [6.07, 6.45) is 9.32. The maximum atomic E-state index is 10.9. The molecule has 2 rings (SSSR count). The van der Waals surface area contributed by atoms with Gasteiger partial charge < -0.3 is 9.84 Å². The van der Waals surface area contributed by atoms with E-state index < -0.39 is 5.97 Å². The molecule has 1 heterocycles. The molecular weight excluding hydrogens is 230 g/mol. The van der Waals surface area contributed by atoms with Gasteiger partial charge in [0.25, 0.3) is 0 Å². The van der Waals surface area contributed by atoms with Crippen molar-refractivity contribution in [2.45, 2.75) is 63.5 Å². The number of carboxylic acids is 1. The van der Waals surface area contributed by atoms with E-state index in [1.54, 1.807) is 0 Å². The molecule has 0 aromatic heterocycles. The maximum absolute atomic E-state index is 10.9. The molecule has 1 atom stereocenters. The van der Waals surface area contributed by atoms with Crippen LogP contribution in [0.25, 0.3) is 0 Å². The van der Waals surface area contributed by atoms with Crippen molar-refractivity contribution in [1.29, 1.82) is 0 Å². The number of hydrogen-bond donors (Lipinski definition) is 1. The van der Waals surface area contributed by atoms with Gasteiger partial charge in [0, 0.05) is 18.6 Å². The van der Waals surface area contributed by atoms with E-state index in [4.69, 9.17) is 9.84 Å². The van der Waals surface area contributed by atoms with Gasteiger partial charge in [-0.1, -0.05) is 32.1 Å². The Bertz CT molecular complexity index is 262. The summed E-state index contributed by atoms with van der Waals surface area (Å²) >= 11 is 0. The summed E-state index contributed by atoms with van der Waals surface area (Å²) in [6, 6.07) is 0.666. The van der Waals surface area contributed by atoms with Gasteiger partial charge in [-0.3, -0.25) is 9.69 Å². The predicted octanol–water partition coefficient (Wildman–Crippen LogP) is 2.27. The second-order valence-corrected chi connectivity index (χ2v) is 5.56. The Morgan fingerprint density at radius 2 is 1.83 bits per heavy atom. The Kier molecular flexibility index (Phi) is 5.45. The van der Waals surface area contributed by atoms with Crippen molar-refractivity contribution in [3.63, 3.8) is 0 Å². The molecule has 4 nitrogen and oxygen atoms in total. The summed E-state index contributed by atoms with van der Waals surface area (Å²) < 4.78 is 5.45. The van der Waals surface area contributed by atoms with Crippen LogP contribution < -0.4 is 0 Å². The highest BCUT2D eigenvalue weighted by molar-refractivity contribution is 5.67. The Balaban J connectivity index is 1.94. The smallest absolute Gasteiger partial charge is 0.305 e. The van der Waals surface area contributed by atoms with Crippen molar-refractivity contribution in [2.24, 2.45) is 0 Å². The molecule has 1 unspecified atom stereocenters. The first-order valence-corrected chi connectivity index (χ1v) is 7.32. The van der Waals surface area contributed by atoms with Crippen molar-refractivity contribution in [3.8, 4) is 0 Å². The molecule has 1 aliphatic carbocycles. The molecule has 0 radical (unpaired) electrons. The summed E-state index contributed by atoms with van der Waals surface area (Å²) in [6.45, 7) is 2.25. The molecule has 2 fully saturated rings. The SMILES string of the molecule is O=C(O)CC1COCCN1C1CCCCCCC1. The Morgan fingerprint density at radius 3 is 2.50 bits per heavy atom. The van der Waals surface area contributed by atoms with Crippen LogP contribution in [0.1, 0.15) is 51.4 Å². The zero-order valence-electron chi connectivity index (χ0n) is 11.1. The molecule has 1 N–H and O–H groups in total. The van der Waals surface area contributed by atoms with Gasteiger partial charge in [-0.25, -0.2) is 0 Å². The van der Waals surface area contributed by atoms with Crippen LogP contribution >= 0.6 is 0 Å². The Labute approximate surface area is 109 Å². The molecule has 104 valence electrons. The molecule has 1 aliphatic heterocycles. The minimum Gasteiger partial charge on any atom is -0.481 e. The third-order valence-electron chi connectivity index (χ3n) is 4.23. The summed E-state index contributed by atoms with van der Waals surface area (Å²) in [5.74, 6) is -0.707. The number of rotatable bonds is 3. The summed E-state index contributed by atoms with van der Waals surface area (Å²) in [5.41, 5.74) is 0. The molecule has 0 spiro atoms. The van der Waals surface area contributed by atoms with Gasteiger partial charge in [-0.05, 0) is 12.8 Å². The van der Waals surface area contributed by atoms with Gasteiger partial charge in [0.15, 0.2) is 0 Å². The number of nitrogens with zero attached hydrogens (tertiary/aromatic N) is 1. The molecule has 4 heteroatoms. The highest BCUT2D eigenvalue weighted by atomic mass is 16.5. The maximum Gasteiger partial charge on any atom is 0.305 e. The number of hydrogen-bond acceptors (Lipinski definition) is 3. The Morgan fingerprint density at radius 1 is 1.17 bits per heavy atom. The highest BCUT2D eigenvalue weighted by Crippen LogP contribution is 2.25. The zero-order valence-corrected chi connectivity index (χ0v) is 11.1. The molecule has 18 heavy (non-hydrogen) atoms. The van der Waals surface area contributed by atoms with E-state index in [1.165, 1.54) is 44.9 Å². The van der Waals surface area contributed by atoms with Crippen LogP contribution in [0, 0.1) is 0 Å². The lowest BCUT2D eigenvalue weighted by Gasteiger charge is -2.41. The second-order valence-electron chi connectivity index (χ2n) is 5.56. The minimum atomic E-state index is -0.707. The number of ether oxygens (including phenoxy) is 1. The largest absolute Gasteiger partial charge is 0.481 e. The van der Waals surface area contributed by atoms with Gasteiger partial charge in [0.1, 0.15) is 0 Å². The van der Waals surface area contributed by atoms with E-state index >= 15 is 0 Å². The molecule has 2 aliphatic rings. The van der Waals surface area contributed by atoms with Crippen LogP contribution in [0.2, 0.25) is 0 Å². The molecule has 0 bridgehead atoms. The second kappa shape index (κ2) is 7.10. The lowest BCUT2D eigenvalue weighted by Crippen LogP contribution is -2.51. The number of aliphatic carboxylic acids is 1. The lowest BCUT2D eigenvalue weighted by atomic mass is 9.94. The molecule has 1 saturated heterocycles. The van der Waals surface area contributed by atoms with Crippen molar-refractivity contribution >= 4 is 5.97 Å². The zero-order chi connectivity index (χ0) is 12.8. The molecule has 0 aromatic rings. The number of carboxylic acid groups (broad SMARTS) is 1. The standard InChI is InChI=1S/C14H25NO3/c16-14(17)10-13-11-18-9-8-15(13)12-6-4-2-1-3-5-7-12/h12-13H,1-11H2,(H,16,17). The van der Waals surface area contributed by atoms with Crippen molar-refractivity contribution in [3.05, 3.63) is 0 Å². The monoisotopic (exact) mass is 255 g/mol. The van der Waals surface area contributed by atoms with Crippen LogP contribution in [-0.4, -0.2) is 47.8 Å².